The molecular formula is C12H15FN4O. The molecule has 0 bridgehead atoms. The Bertz CT molecular complexity index is 501. The number of aromatic amines is 1. The number of aromatic hydroxyl groups is 1. The van der Waals surface area contributed by atoms with Crippen LogP contribution in [0, 0.1) is 5.82 Å². The van der Waals surface area contributed by atoms with E-state index >= 15 is 0 Å². The lowest BCUT2D eigenvalue weighted by Crippen LogP contribution is -2.22. The van der Waals surface area contributed by atoms with Crippen molar-refractivity contribution < 1.29 is 9.50 Å². The number of nitrogens with one attached hydrogen (secondary N) is 2. The molecule has 96 valence electrons. The van der Waals surface area contributed by atoms with Gasteiger partial charge >= 0.3 is 0 Å². The van der Waals surface area contributed by atoms with E-state index in [1.54, 1.807) is 0 Å². The van der Waals surface area contributed by atoms with Crippen molar-refractivity contribution in [2.24, 2.45) is 0 Å². The highest BCUT2D eigenvalue weighted by molar-refractivity contribution is 5.34. The molecule has 2 rings (SSSR count). The molecule has 1 aromatic carbocycles. The third-order valence-corrected chi connectivity index (χ3v) is 2.73. The number of halogens is 1. The Morgan fingerprint density at radius 3 is 3.06 bits per heavy atom. The predicted octanol–water partition coefficient (Wildman–Crippen LogP) is 1.54. The lowest BCUT2D eigenvalue weighted by molar-refractivity contribution is 0.449. The summed E-state index contributed by atoms with van der Waals surface area (Å²) in [7, 11) is 0. The van der Waals surface area contributed by atoms with Gasteiger partial charge < -0.3 is 10.4 Å². The van der Waals surface area contributed by atoms with Crippen molar-refractivity contribution in [2.45, 2.75) is 19.4 Å². The molecule has 0 radical (unpaired) electrons. The lowest BCUT2D eigenvalue weighted by atomic mass is 10.1. The molecule has 6 heteroatoms. The number of phenols is 1. The van der Waals surface area contributed by atoms with Gasteiger partial charge in [-0.3, -0.25) is 5.10 Å². The number of hydrogen-bond donors (Lipinski definition) is 3. The van der Waals surface area contributed by atoms with Gasteiger partial charge in [-0.15, -0.1) is 0 Å². The third kappa shape index (κ3) is 3.04. The molecule has 1 atom stereocenters. The Balaban J connectivity index is 1.91. The highest BCUT2D eigenvalue weighted by Gasteiger charge is 2.10. The van der Waals surface area contributed by atoms with Crippen LogP contribution >= 0.6 is 0 Å². The first-order chi connectivity index (χ1) is 8.66. The van der Waals surface area contributed by atoms with E-state index in [-0.39, 0.29) is 17.6 Å². The Kier molecular flexibility index (Phi) is 3.88. The van der Waals surface area contributed by atoms with E-state index in [4.69, 9.17) is 0 Å². The summed E-state index contributed by atoms with van der Waals surface area (Å²) < 4.78 is 13.1. The third-order valence-electron chi connectivity index (χ3n) is 2.73. The Morgan fingerprint density at radius 1 is 1.50 bits per heavy atom. The highest BCUT2D eigenvalue weighted by Crippen LogP contribution is 2.24. The summed E-state index contributed by atoms with van der Waals surface area (Å²) >= 11 is 0. The number of rotatable bonds is 5. The van der Waals surface area contributed by atoms with Gasteiger partial charge in [0.2, 0.25) is 0 Å². The van der Waals surface area contributed by atoms with Crippen LogP contribution in [-0.4, -0.2) is 26.8 Å². The zero-order chi connectivity index (χ0) is 13.0. The zero-order valence-corrected chi connectivity index (χ0v) is 10.0. The van der Waals surface area contributed by atoms with Gasteiger partial charge in [-0.1, -0.05) is 0 Å². The number of aromatic nitrogens is 3. The van der Waals surface area contributed by atoms with Gasteiger partial charge in [0.05, 0.1) is 0 Å². The molecule has 0 aliphatic carbocycles. The molecule has 1 aromatic heterocycles. The molecule has 3 N–H and O–H groups in total. The van der Waals surface area contributed by atoms with Crippen molar-refractivity contribution in [2.75, 3.05) is 6.54 Å². The molecule has 0 saturated heterocycles. The van der Waals surface area contributed by atoms with E-state index in [1.165, 1.54) is 24.5 Å². The number of nitrogens with zero attached hydrogens (tertiary/aromatic N) is 2. The molecule has 0 aliphatic rings. The van der Waals surface area contributed by atoms with Gasteiger partial charge in [-0.05, 0) is 25.1 Å². The Morgan fingerprint density at radius 2 is 2.33 bits per heavy atom. The van der Waals surface area contributed by atoms with Gasteiger partial charge in [0.15, 0.2) is 0 Å². The van der Waals surface area contributed by atoms with Crippen LogP contribution < -0.4 is 5.32 Å². The number of phenolic OH excluding ortho intramolecular Hbond substituents is 1. The number of benzene rings is 1. The van der Waals surface area contributed by atoms with Crippen LogP contribution in [0.5, 0.6) is 5.75 Å². The first-order valence-electron chi connectivity index (χ1n) is 5.73. The molecular weight excluding hydrogens is 235 g/mol. The molecule has 18 heavy (non-hydrogen) atoms. The molecule has 2 aromatic rings. The summed E-state index contributed by atoms with van der Waals surface area (Å²) in [5.74, 6) is 0.529. The molecule has 0 saturated carbocycles. The molecule has 0 spiro atoms. The van der Waals surface area contributed by atoms with Crippen LogP contribution in [0.3, 0.4) is 0 Å². The highest BCUT2D eigenvalue weighted by atomic mass is 19.1. The second-order valence-electron chi connectivity index (χ2n) is 4.06. The standard InChI is InChI=1S/C12H15FN4O/c1-8(10-6-9(13)2-3-11(10)18)14-5-4-12-15-7-16-17-12/h2-3,6-8,14,18H,4-5H2,1H3,(H,15,16,17). The quantitative estimate of drug-likeness (QED) is 0.752. The van der Waals surface area contributed by atoms with Crippen LogP contribution in [0.2, 0.25) is 0 Å². The van der Waals surface area contributed by atoms with E-state index in [1.807, 2.05) is 6.92 Å². The van der Waals surface area contributed by atoms with Crippen LogP contribution in [0.1, 0.15) is 24.4 Å². The van der Waals surface area contributed by atoms with Gasteiger partial charge in [0.25, 0.3) is 0 Å². The lowest BCUT2D eigenvalue weighted by Gasteiger charge is -2.15. The van der Waals surface area contributed by atoms with E-state index in [2.05, 4.69) is 20.5 Å². The van der Waals surface area contributed by atoms with Crippen LogP contribution in [0.25, 0.3) is 0 Å². The maximum atomic E-state index is 13.1. The van der Waals surface area contributed by atoms with E-state index in [0.29, 0.717) is 18.5 Å². The molecule has 0 fully saturated rings. The fourth-order valence-corrected chi connectivity index (χ4v) is 1.74. The minimum absolute atomic E-state index is 0.0936. The second-order valence-corrected chi connectivity index (χ2v) is 4.06. The van der Waals surface area contributed by atoms with E-state index < -0.39 is 0 Å². The largest absolute Gasteiger partial charge is 0.508 e. The average molecular weight is 250 g/mol. The van der Waals surface area contributed by atoms with Gasteiger partial charge in [-0.2, -0.15) is 5.10 Å². The predicted molar refractivity (Wildman–Crippen MR) is 64.6 cm³/mol. The van der Waals surface area contributed by atoms with Crippen molar-refractivity contribution >= 4 is 0 Å². The summed E-state index contributed by atoms with van der Waals surface area (Å²) in [5.41, 5.74) is 0.549. The molecule has 0 amide bonds. The first kappa shape index (κ1) is 12.5. The van der Waals surface area contributed by atoms with E-state index in [0.717, 1.165) is 5.82 Å². The summed E-state index contributed by atoms with van der Waals surface area (Å²) in [4.78, 5) is 4.00. The van der Waals surface area contributed by atoms with Crippen molar-refractivity contribution in [1.29, 1.82) is 0 Å². The number of hydrogen-bond acceptors (Lipinski definition) is 4. The summed E-state index contributed by atoms with van der Waals surface area (Å²) in [6.45, 7) is 2.53. The van der Waals surface area contributed by atoms with Gasteiger partial charge in [-0.25, -0.2) is 9.37 Å². The number of H-pyrrole nitrogens is 1. The molecule has 0 aliphatic heterocycles. The Labute approximate surface area is 104 Å². The maximum absolute atomic E-state index is 13.1. The summed E-state index contributed by atoms with van der Waals surface area (Å²) in [6, 6.07) is 3.80. The van der Waals surface area contributed by atoms with Crippen molar-refractivity contribution in [3.05, 3.63) is 41.7 Å². The maximum Gasteiger partial charge on any atom is 0.137 e. The van der Waals surface area contributed by atoms with Crippen molar-refractivity contribution in [3.8, 4) is 5.75 Å². The molecule has 1 heterocycles. The van der Waals surface area contributed by atoms with Gasteiger partial charge in [0.1, 0.15) is 23.7 Å². The summed E-state index contributed by atoms with van der Waals surface area (Å²) in [5, 5.41) is 19.4. The normalized spacial score (nSPS) is 12.6. The molecule has 5 nitrogen and oxygen atoms in total. The molecule has 1 unspecified atom stereocenters. The van der Waals surface area contributed by atoms with Crippen molar-refractivity contribution in [1.82, 2.24) is 20.5 Å². The second kappa shape index (κ2) is 5.59. The Hall–Kier alpha value is -1.95. The minimum atomic E-state index is -0.355. The summed E-state index contributed by atoms with van der Waals surface area (Å²) in [6.07, 6.45) is 2.15. The van der Waals surface area contributed by atoms with Crippen LogP contribution in [0.15, 0.2) is 24.5 Å². The minimum Gasteiger partial charge on any atom is -0.508 e. The average Bonchev–Trinajstić information content (AvgIpc) is 2.85. The zero-order valence-electron chi connectivity index (χ0n) is 10.0. The fourth-order valence-electron chi connectivity index (χ4n) is 1.74. The van der Waals surface area contributed by atoms with Crippen LogP contribution in [0.4, 0.5) is 4.39 Å². The van der Waals surface area contributed by atoms with E-state index in [9.17, 15) is 9.50 Å². The SMILES string of the molecule is CC(NCCc1ncn[nH]1)c1cc(F)ccc1O. The topological polar surface area (TPSA) is 73.8 Å². The monoisotopic (exact) mass is 250 g/mol. The van der Waals surface area contributed by atoms with Crippen molar-refractivity contribution in [3.63, 3.8) is 0 Å². The van der Waals surface area contributed by atoms with Gasteiger partial charge in [0, 0.05) is 24.6 Å². The smallest absolute Gasteiger partial charge is 0.137 e. The fraction of sp³-hybridized carbons (Fsp3) is 0.333. The van der Waals surface area contributed by atoms with Crippen LogP contribution in [-0.2, 0) is 6.42 Å². The first-order valence-corrected chi connectivity index (χ1v) is 5.73.